The fourth-order valence-electron chi connectivity index (χ4n) is 1.23. The van der Waals surface area contributed by atoms with E-state index < -0.39 is 0 Å². The third-order valence-electron chi connectivity index (χ3n) is 1.99. The fourth-order valence-corrected chi connectivity index (χ4v) is 1.23. The monoisotopic (exact) mass is 206 g/mol. The Morgan fingerprint density at radius 2 is 2.20 bits per heavy atom. The Hall–Kier alpha value is -1.58. The highest BCUT2D eigenvalue weighted by atomic mass is 15.1. The maximum absolute atomic E-state index is 5.71. The number of guanidine groups is 1. The molecule has 0 spiro atoms. The van der Waals surface area contributed by atoms with Gasteiger partial charge < -0.3 is 11.1 Å². The molecule has 4 heteroatoms. The lowest BCUT2D eigenvalue weighted by atomic mass is 10.3. The standard InChI is InChI=1S/C11H18N4/c1-4-7-13-11(12)15-10-6-5-8(2)14-9(10)3/h5-6H,4,7H2,1-3H3,(H3,12,13,15). The number of nitrogens with one attached hydrogen (secondary N) is 1. The molecule has 0 fully saturated rings. The molecule has 1 aromatic rings. The number of hydrogen-bond acceptors (Lipinski definition) is 2. The van der Waals surface area contributed by atoms with Crippen LogP contribution in [0.3, 0.4) is 0 Å². The van der Waals surface area contributed by atoms with Gasteiger partial charge in [-0.05, 0) is 32.4 Å². The van der Waals surface area contributed by atoms with Gasteiger partial charge in [-0.25, -0.2) is 0 Å². The molecule has 3 N–H and O–H groups in total. The zero-order chi connectivity index (χ0) is 11.3. The largest absolute Gasteiger partial charge is 0.370 e. The number of rotatable bonds is 3. The summed E-state index contributed by atoms with van der Waals surface area (Å²) in [5.41, 5.74) is 8.56. The second-order valence-electron chi connectivity index (χ2n) is 3.48. The maximum Gasteiger partial charge on any atom is 0.193 e. The summed E-state index contributed by atoms with van der Waals surface area (Å²) in [7, 11) is 0. The molecule has 0 aliphatic heterocycles. The number of nitrogens with zero attached hydrogens (tertiary/aromatic N) is 2. The number of nitrogens with two attached hydrogens (primary N) is 1. The van der Waals surface area contributed by atoms with Crippen LogP contribution < -0.4 is 11.1 Å². The summed E-state index contributed by atoms with van der Waals surface area (Å²) in [6.45, 7) is 6.72. The molecule has 4 nitrogen and oxygen atoms in total. The minimum Gasteiger partial charge on any atom is -0.370 e. The molecule has 0 aliphatic carbocycles. The van der Waals surface area contributed by atoms with E-state index in [-0.39, 0.29) is 0 Å². The molecule has 1 heterocycles. The molecule has 15 heavy (non-hydrogen) atoms. The average Bonchev–Trinajstić information content (AvgIpc) is 2.19. The number of pyridine rings is 1. The summed E-state index contributed by atoms with van der Waals surface area (Å²) in [6, 6.07) is 3.91. The van der Waals surface area contributed by atoms with Crippen molar-refractivity contribution in [3.8, 4) is 0 Å². The summed E-state index contributed by atoms with van der Waals surface area (Å²) >= 11 is 0. The Kier molecular flexibility index (Phi) is 4.09. The minimum atomic E-state index is 0.450. The van der Waals surface area contributed by atoms with Crippen molar-refractivity contribution in [2.45, 2.75) is 27.2 Å². The summed E-state index contributed by atoms with van der Waals surface area (Å²) < 4.78 is 0. The fraction of sp³-hybridized carbons (Fsp3) is 0.455. The van der Waals surface area contributed by atoms with Crippen LogP contribution in [-0.4, -0.2) is 17.5 Å². The molecule has 0 aromatic carbocycles. The second kappa shape index (κ2) is 5.34. The Morgan fingerprint density at radius 3 is 2.80 bits per heavy atom. The molecule has 1 rings (SSSR count). The predicted octanol–water partition coefficient (Wildman–Crippen LogP) is 1.84. The molecule has 0 bridgehead atoms. The second-order valence-corrected chi connectivity index (χ2v) is 3.48. The molecule has 0 atom stereocenters. The quantitative estimate of drug-likeness (QED) is 0.586. The highest BCUT2D eigenvalue weighted by molar-refractivity contribution is 5.92. The van der Waals surface area contributed by atoms with E-state index in [1.54, 1.807) is 0 Å². The summed E-state index contributed by atoms with van der Waals surface area (Å²) in [5.74, 6) is 0.450. The SMILES string of the molecule is CCCN=C(N)Nc1ccc(C)nc1C. The molecule has 0 saturated carbocycles. The van der Waals surface area contributed by atoms with E-state index in [1.807, 2.05) is 26.0 Å². The number of aliphatic imine (C=N–C) groups is 1. The van der Waals surface area contributed by atoms with Gasteiger partial charge in [-0.1, -0.05) is 6.92 Å². The molecule has 1 aromatic heterocycles. The average molecular weight is 206 g/mol. The summed E-state index contributed by atoms with van der Waals surface area (Å²) in [5, 5.41) is 3.04. The van der Waals surface area contributed by atoms with Gasteiger partial charge in [-0.3, -0.25) is 9.98 Å². The van der Waals surface area contributed by atoms with Gasteiger partial charge >= 0.3 is 0 Å². The normalized spacial score (nSPS) is 11.5. The van der Waals surface area contributed by atoms with Gasteiger partial charge in [0, 0.05) is 12.2 Å². The number of anilines is 1. The predicted molar refractivity (Wildman–Crippen MR) is 64.1 cm³/mol. The van der Waals surface area contributed by atoms with Crippen molar-refractivity contribution >= 4 is 11.6 Å². The topological polar surface area (TPSA) is 63.3 Å². The van der Waals surface area contributed by atoms with Crippen LogP contribution in [-0.2, 0) is 0 Å². The molecule has 0 unspecified atom stereocenters. The third-order valence-corrected chi connectivity index (χ3v) is 1.99. The smallest absolute Gasteiger partial charge is 0.193 e. The van der Waals surface area contributed by atoms with Gasteiger partial charge in [-0.15, -0.1) is 0 Å². The van der Waals surface area contributed by atoms with Gasteiger partial charge in [0.1, 0.15) is 0 Å². The van der Waals surface area contributed by atoms with Crippen molar-refractivity contribution in [3.63, 3.8) is 0 Å². The Balaban J connectivity index is 2.72. The van der Waals surface area contributed by atoms with Crippen molar-refractivity contribution in [1.82, 2.24) is 4.98 Å². The van der Waals surface area contributed by atoms with Crippen molar-refractivity contribution in [1.29, 1.82) is 0 Å². The Bertz CT molecular complexity index is 358. The van der Waals surface area contributed by atoms with Crippen LogP contribution in [0.5, 0.6) is 0 Å². The van der Waals surface area contributed by atoms with Gasteiger partial charge in [0.25, 0.3) is 0 Å². The van der Waals surface area contributed by atoms with E-state index in [2.05, 4.69) is 22.2 Å². The first-order valence-corrected chi connectivity index (χ1v) is 5.14. The summed E-state index contributed by atoms with van der Waals surface area (Å²) in [6.07, 6.45) is 0.994. The first-order chi connectivity index (χ1) is 7.13. The van der Waals surface area contributed by atoms with Gasteiger partial charge in [0.15, 0.2) is 5.96 Å². The number of aromatic nitrogens is 1. The minimum absolute atomic E-state index is 0.450. The van der Waals surface area contributed by atoms with Crippen LogP contribution >= 0.6 is 0 Å². The highest BCUT2D eigenvalue weighted by Crippen LogP contribution is 2.11. The van der Waals surface area contributed by atoms with Gasteiger partial charge in [-0.2, -0.15) is 0 Å². The molecule has 82 valence electrons. The van der Waals surface area contributed by atoms with Crippen LogP contribution in [0.25, 0.3) is 0 Å². The van der Waals surface area contributed by atoms with E-state index in [9.17, 15) is 0 Å². The first kappa shape index (κ1) is 11.5. The molecule has 0 amide bonds. The zero-order valence-electron chi connectivity index (χ0n) is 9.54. The van der Waals surface area contributed by atoms with Crippen LogP contribution in [0.2, 0.25) is 0 Å². The Morgan fingerprint density at radius 1 is 1.47 bits per heavy atom. The van der Waals surface area contributed by atoms with Crippen molar-refractivity contribution in [2.24, 2.45) is 10.7 Å². The van der Waals surface area contributed by atoms with Gasteiger partial charge in [0.2, 0.25) is 0 Å². The van der Waals surface area contributed by atoms with Crippen LogP contribution in [0.1, 0.15) is 24.7 Å². The van der Waals surface area contributed by atoms with E-state index in [0.29, 0.717) is 5.96 Å². The van der Waals surface area contributed by atoms with E-state index in [0.717, 1.165) is 30.0 Å². The van der Waals surface area contributed by atoms with Crippen molar-refractivity contribution in [2.75, 3.05) is 11.9 Å². The van der Waals surface area contributed by atoms with E-state index in [1.165, 1.54) is 0 Å². The van der Waals surface area contributed by atoms with Crippen molar-refractivity contribution < 1.29 is 0 Å². The molecule has 0 saturated heterocycles. The van der Waals surface area contributed by atoms with E-state index >= 15 is 0 Å². The van der Waals surface area contributed by atoms with Crippen LogP contribution in [0, 0.1) is 13.8 Å². The molecular formula is C11H18N4. The lowest BCUT2D eigenvalue weighted by molar-refractivity contribution is 0.929. The highest BCUT2D eigenvalue weighted by Gasteiger charge is 2.00. The number of aryl methyl sites for hydroxylation is 2. The van der Waals surface area contributed by atoms with Crippen molar-refractivity contribution in [3.05, 3.63) is 23.5 Å². The third kappa shape index (κ3) is 3.58. The first-order valence-electron chi connectivity index (χ1n) is 5.14. The van der Waals surface area contributed by atoms with E-state index in [4.69, 9.17) is 5.73 Å². The zero-order valence-corrected chi connectivity index (χ0v) is 9.54. The lowest BCUT2D eigenvalue weighted by Crippen LogP contribution is -2.23. The molecule has 0 aliphatic rings. The van der Waals surface area contributed by atoms with Crippen LogP contribution in [0.4, 0.5) is 5.69 Å². The summed E-state index contributed by atoms with van der Waals surface area (Å²) in [4.78, 5) is 8.49. The van der Waals surface area contributed by atoms with Gasteiger partial charge in [0.05, 0.1) is 11.4 Å². The molecular weight excluding hydrogens is 188 g/mol. The molecule has 0 radical (unpaired) electrons. The Labute approximate surface area is 90.6 Å². The van der Waals surface area contributed by atoms with Crippen LogP contribution in [0.15, 0.2) is 17.1 Å². The lowest BCUT2D eigenvalue weighted by Gasteiger charge is -2.08. The maximum atomic E-state index is 5.71. The number of hydrogen-bond donors (Lipinski definition) is 2.